The number of alkyl halides is 3. The van der Waals surface area contributed by atoms with Crippen LogP contribution in [0.1, 0.15) is 24.0 Å². The summed E-state index contributed by atoms with van der Waals surface area (Å²) in [6.07, 6.45) is -0.527. The van der Waals surface area contributed by atoms with Crippen molar-refractivity contribution in [3.05, 3.63) is 29.6 Å². The lowest BCUT2D eigenvalue weighted by Crippen LogP contribution is -2.22. The van der Waals surface area contributed by atoms with Crippen molar-refractivity contribution in [2.75, 3.05) is 13.1 Å². The Bertz CT molecular complexity index is 403. The minimum Gasteiger partial charge on any atom is -0.299 e. The van der Waals surface area contributed by atoms with Gasteiger partial charge in [-0.3, -0.25) is 9.88 Å². The van der Waals surface area contributed by atoms with E-state index in [1.54, 1.807) is 12.4 Å². The molecule has 0 radical (unpaired) electrons. The van der Waals surface area contributed by atoms with Crippen molar-refractivity contribution in [3.63, 3.8) is 0 Å². The molecule has 1 aliphatic heterocycles. The van der Waals surface area contributed by atoms with Gasteiger partial charge >= 0.3 is 6.18 Å². The number of likely N-dealkylation sites (tertiary alicyclic amines) is 1. The number of rotatable bonds is 3. The van der Waals surface area contributed by atoms with E-state index in [0.717, 1.165) is 17.7 Å². The fourth-order valence-corrected chi connectivity index (χ4v) is 2.45. The number of hydrogen-bond acceptors (Lipinski definition) is 2. The van der Waals surface area contributed by atoms with E-state index in [-0.39, 0.29) is 5.92 Å². The van der Waals surface area contributed by atoms with E-state index >= 15 is 0 Å². The van der Waals surface area contributed by atoms with E-state index in [1.165, 1.54) is 0 Å². The third-order valence-corrected chi connectivity index (χ3v) is 3.43. The molecular formula is C13H17F3N2. The SMILES string of the molecule is Cc1ccncc1CN1CCC(CC(F)(F)F)C1. The van der Waals surface area contributed by atoms with Crippen LogP contribution in [0.4, 0.5) is 13.2 Å². The van der Waals surface area contributed by atoms with Gasteiger partial charge in [0.25, 0.3) is 0 Å². The lowest BCUT2D eigenvalue weighted by atomic mass is 10.1. The van der Waals surface area contributed by atoms with Crippen molar-refractivity contribution in [1.82, 2.24) is 9.88 Å². The summed E-state index contributed by atoms with van der Waals surface area (Å²) >= 11 is 0. The molecule has 0 saturated carbocycles. The molecule has 0 aliphatic carbocycles. The van der Waals surface area contributed by atoms with Gasteiger partial charge in [0, 0.05) is 31.9 Å². The molecule has 1 atom stereocenters. The summed E-state index contributed by atoms with van der Waals surface area (Å²) in [5, 5.41) is 0. The summed E-state index contributed by atoms with van der Waals surface area (Å²) in [4.78, 5) is 6.14. The highest BCUT2D eigenvalue weighted by Crippen LogP contribution is 2.30. The number of halogens is 3. The van der Waals surface area contributed by atoms with Gasteiger partial charge < -0.3 is 0 Å². The van der Waals surface area contributed by atoms with Crippen LogP contribution in [0.5, 0.6) is 0 Å². The topological polar surface area (TPSA) is 16.1 Å². The Morgan fingerprint density at radius 3 is 2.89 bits per heavy atom. The number of pyridine rings is 1. The van der Waals surface area contributed by atoms with Crippen LogP contribution < -0.4 is 0 Å². The molecule has 1 aliphatic rings. The van der Waals surface area contributed by atoms with Crippen LogP contribution in [-0.2, 0) is 6.54 Å². The van der Waals surface area contributed by atoms with Crippen LogP contribution in [0.3, 0.4) is 0 Å². The quantitative estimate of drug-likeness (QED) is 0.828. The molecule has 0 amide bonds. The molecule has 2 heterocycles. The zero-order chi connectivity index (χ0) is 13.2. The Morgan fingerprint density at radius 1 is 1.44 bits per heavy atom. The maximum atomic E-state index is 12.3. The van der Waals surface area contributed by atoms with Crippen molar-refractivity contribution >= 4 is 0 Å². The first-order chi connectivity index (χ1) is 8.44. The molecule has 2 nitrogen and oxygen atoms in total. The molecule has 1 aromatic heterocycles. The van der Waals surface area contributed by atoms with Gasteiger partial charge in [-0.05, 0) is 43.0 Å². The number of hydrogen-bond donors (Lipinski definition) is 0. The lowest BCUT2D eigenvalue weighted by Gasteiger charge is -2.17. The van der Waals surface area contributed by atoms with Crippen molar-refractivity contribution in [1.29, 1.82) is 0 Å². The Labute approximate surface area is 105 Å². The third-order valence-electron chi connectivity index (χ3n) is 3.43. The first kappa shape index (κ1) is 13.3. The first-order valence-electron chi connectivity index (χ1n) is 6.12. The Morgan fingerprint density at radius 2 is 2.22 bits per heavy atom. The predicted octanol–water partition coefficient (Wildman–Crippen LogP) is 3.16. The summed E-state index contributed by atoms with van der Waals surface area (Å²) in [7, 11) is 0. The Kier molecular flexibility index (Phi) is 3.90. The van der Waals surface area contributed by atoms with Gasteiger partial charge in [-0.25, -0.2) is 0 Å². The number of aromatic nitrogens is 1. The highest BCUT2D eigenvalue weighted by Gasteiger charge is 2.35. The Hall–Kier alpha value is -1.10. The van der Waals surface area contributed by atoms with Gasteiger partial charge in [-0.15, -0.1) is 0 Å². The molecule has 1 saturated heterocycles. The molecule has 1 fully saturated rings. The molecule has 0 aromatic carbocycles. The maximum Gasteiger partial charge on any atom is 0.389 e. The van der Waals surface area contributed by atoms with Crippen LogP contribution in [0.25, 0.3) is 0 Å². The van der Waals surface area contributed by atoms with Gasteiger partial charge in [0.05, 0.1) is 0 Å². The molecule has 0 bridgehead atoms. The highest BCUT2D eigenvalue weighted by atomic mass is 19.4. The molecule has 0 spiro atoms. The average molecular weight is 258 g/mol. The molecule has 1 unspecified atom stereocenters. The smallest absolute Gasteiger partial charge is 0.299 e. The molecular weight excluding hydrogens is 241 g/mol. The van der Waals surface area contributed by atoms with Gasteiger partial charge in [0.15, 0.2) is 0 Å². The van der Waals surface area contributed by atoms with E-state index in [1.807, 2.05) is 13.0 Å². The molecule has 0 N–H and O–H groups in total. The van der Waals surface area contributed by atoms with Crippen molar-refractivity contribution in [2.45, 2.75) is 32.5 Å². The number of aryl methyl sites for hydroxylation is 1. The summed E-state index contributed by atoms with van der Waals surface area (Å²) in [6, 6.07) is 1.93. The van der Waals surface area contributed by atoms with Gasteiger partial charge in [-0.2, -0.15) is 13.2 Å². The minimum atomic E-state index is -4.04. The van der Waals surface area contributed by atoms with E-state index in [9.17, 15) is 13.2 Å². The van der Waals surface area contributed by atoms with E-state index < -0.39 is 12.6 Å². The highest BCUT2D eigenvalue weighted by molar-refractivity contribution is 5.21. The summed E-state index contributed by atoms with van der Waals surface area (Å²) in [6.45, 7) is 3.98. The van der Waals surface area contributed by atoms with Crippen molar-refractivity contribution in [3.8, 4) is 0 Å². The average Bonchev–Trinajstić information content (AvgIpc) is 2.66. The van der Waals surface area contributed by atoms with Crippen LogP contribution in [0, 0.1) is 12.8 Å². The maximum absolute atomic E-state index is 12.3. The van der Waals surface area contributed by atoms with Gasteiger partial charge in [0.1, 0.15) is 0 Å². The molecule has 5 heteroatoms. The summed E-state index contributed by atoms with van der Waals surface area (Å²) < 4.78 is 36.9. The lowest BCUT2D eigenvalue weighted by molar-refractivity contribution is -0.143. The van der Waals surface area contributed by atoms with Crippen molar-refractivity contribution < 1.29 is 13.2 Å². The zero-order valence-corrected chi connectivity index (χ0v) is 10.4. The standard InChI is InChI=1S/C13H17F3N2/c1-10-2-4-17-7-12(10)9-18-5-3-11(8-18)6-13(14,15)16/h2,4,7,11H,3,5-6,8-9H2,1H3. The normalized spacial score (nSPS) is 21.4. The van der Waals surface area contributed by atoms with Crippen LogP contribution in [0.2, 0.25) is 0 Å². The molecule has 1 aromatic rings. The van der Waals surface area contributed by atoms with E-state index in [4.69, 9.17) is 0 Å². The third kappa shape index (κ3) is 3.70. The minimum absolute atomic E-state index is 0.248. The number of nitrogens with zero attached hydrogens (tertiary/aromatic N) is 2. The van der Waals surface area contributed by atoms with Crippen LogP contribution in [0.15, 0.2) is 18.5 Å². The van der Waals surface area contributed by atoms with E-state index in [2.05, 4.69) is 9.88 Å². The molecule has 100 valence electrons. The fraction of sp³-hybridized carbons (Fsp3) is 0.615. The van der Waals surface area contributed by atoms with Crippen molar-refractivity contribution in [2.24, 2.45) is 5.92 Å². The van der Waals surface area contributed by atoms with Gasteiger partial charge in [0.2, 0.25) is 0 Å². The molecule has 2 rings (SSSR count). The second-order valence-corrected chi connectivity index (χ2v) is 5.01. The monoisotopic (exact) mass is 258 g/mol. The largest absolute Gasteiger partial charge is 0.389 e. The fourth-order valence-electron chi connectivity index (χ4n) is 2.45. The zero-order valence-electron chi connectivity index (χ0n) is 10.4. The van der Waals surface area contributed by atoms with E-state index in [0.29, 0.717) is 19.5 Å². The summed E-state index contributed by atoms with van der Waals surface area (Å²) in [5.74, 6) is -0.248. The van der Waals surface area contributed by atoms with Crippen LogP contribution >= 0.6 is 0 Å². The van der Waals surface area contributed by atoms with Gasteiger partial charge in [-0.1, -0.05) is 0 Å². The summed E-state index contributed by atoms with van der Waals surface area (Å²) in [5.41, 5.74) is 2.24. The first-order valence-corrected chi connectivity index (χ1v) is 6.12. The Balaban J connectivity index is 1.88. The van der Waals surface area contributed by atoms with Crippen LogP contribution in [-0.4, -0.2) is 29.1 Å². The second-order valence-electron chi connectivity index (χ2n) is 5.01. The second kappa shape index (κ2) is 5.26. The predicted molar refractivity (Wildman–Crippen MR) is 63.0 cm³/mol. The molecule has 18 heavy (non-hydrogen) atoms.